The minimum atomic E-state index is -0.651. The van der Waals surface area contributed by atoms with Gasteiger partial charge in [-0.1, -0.05) is 27.7 Å². The smallest absolute Gasteiger partial charge is 0.305 e. The number of rotatable bonds is 6. The van der Waals surface area contributed by atoms with E-state index in [0.717, 1.165) is 37.0 Å². The average Bonchev–Trinajstić information content (AvgIpc) is 3.09. The predicted octanol–water partition coefficient (Wildman–Crippen LogP) is 6.47. The zero-order valence-electron chi connectivity index (χ0n) is 20.2. The lowest BCUT2D eigenvalue weighted by atomic mass is 9.44. The second kappa shape index (κ2) is 8.71. The Morgan fingerprint density at radius 3 is 2.42 bits per heavy atom. The molecule has 0 heterocycles. The van der Waals surface area contributed by atoms with Crippen molar-refractivity contribution in [3.63, 3.8) is 0 Å². The van der Waals surface area contributed by atoms with Crippen molar-refractivity contribution < 1.29 is 19.4 Å². The molecule has 0 aromatic rings. The first-order valence-corrected chi connectivity index (χ1v) is 13.1. The Hall–Kier alpha value is -1.06. The van der Waals surface area contributed by atoms with Crippen LogP contribution in [0.15, 0.2) is 0 Å². The Morgan fingerprint density at radius 1 is 1.00 bits per heavy atom. The van der Waals surface area contributed by atoms with Gasteiger partial charge in [0.05, 0.1) is 0 Å². The minimum absolute atomic E-state index is 0.0373. The van der Waals surface area contributed by atoms with Gasteiger partial charge in [0.25, 0.3) is 0 Å². The van der Waals surface area contributed by atoms with Gasteiger partial charge in [-0.05, 0) is 111 Å². The van der Waals surface area contributed by atoms with E-state index >= 15 is 0 Å². The molecule has 31 heavy (non-hydrogen) atoms. The summed E-state index contributed by atoms with van der Waals surface area (Å²) in [7, 11) is 0. The zero-order chi connectivity index (χ0) is 22.4. The molecule has 176 valence electrons. The molecule has 4 rings (SSSR count). The fourth-order valence-corrected chi connectivity index (χ4v) is 9.12. The lowest BCUT2D eigenvalue weighted by Crippen LogP contribution is -2.54. The summed E-state index contributed by atoms with van der Waals surface area (Å²) in [5.74, 6) is 3.69. The number of ether oxygens (including phenoxy) is 1. The first-order chi connectivity index (χ1) is 14.7. The lowest BCUT2D eigenvalue weighted by Gasteiger charge is -2.61. The van der Waals surface area contributed by atoms with Crippen LogP contribution in [0.2, 0.25) is 0 Å². The molecule has 9 atom stereocenters. The van der Waals surface area contributed by atoms with Gasteiger partial charge >= 0.3 is 11.9 Å². The van der Waals surface area contributed by atoms with Crippen molar-refractivity contribution in [2.24, 2.45) is 46.3 Å². The van der Waals surface area contributed by atoms with E-state index in [0.29, 0.717) is 41.4 Å². The third-order valence-corrected chi connectivity index (χ3v) is 10.8. The van der Waals surface area contributed by atoms with Crippen LogP contribution < -0.4 is 0 Å². The van der Waals surface area contributed by atoms with Crippen molar-refractivity contribution in [1.82, 2.24) is 0 Å². The molecule has 0 radical (unpaired) electrons. The highest BCUT2D eigenvalue weighted by Gasteiger charge is 2.60. The molecule has 4 saturated carbocycles. The number of esters is 1. The highest BCUT2D eigenvalue weighted by molar-refractivity contribution is 5.69. The van der Waals surface area contributed by atoms with Crippen molar-refractivity contribution in [3.05, 3.63) is 0 Å². The maximum atomic E-state index is 11.8. The van der Waals surface area contributed by atoms with E-state index < -0.39 is 5.97 Å². The molecule has 4 nitrogen and oxygen atoms in total. The van der Waals surface area contributed by atoms with Crippen LogP contribution in [0.3, 0.4) is 0 Å². The molecule has 0 amide bonds. The monoisotopic (exact) mass is 432 g/mol. The fraction of sp³-hybridized carbons (Fsp3) is 0.926. The van der Waals surface area contributed by atoms with E-state index in [1.807, 2.05) is 6.92 Å². The van der Waals surface area contributed by atoms with E-state index in [4.69, 9.17) is 9.84 Å². The third-order valence-electron chi connectivity index (χ3n) is 10.8. The van der Waals surface area contributed by atoms with Crippen LogP contribution in [0.1, 0.15) is 105 Å². The number of hydrogen-bond acceptors (Lipinski definition) is 3. The van der Waals surface area contributed by atoms with Gasteiger partial charge in [-0.25, -0.2) is 0 Å². The normalized spacial score (nSPS) is 45.2. The Labute approximate surface area is 188 Å². The van der Waals surface area contributed by atoms with Gasteiger partial charge in [0.2, 0.25) is 0 Å². The predicted molar refractivity (Wildman–Crippen MR) is 121 cm³/mol. The molecule has 1 N–H and O–H groups in total. The standard InChI is InChI=1S/C27H44O4/c1-5-25(30)31-19-12-14-26(3)18(16-19)7-8-20-22-10-9-21(17(2)6-11-24(28)29)27(22,4)15-13-23(20)26/h17-23H,5-16H2,1-4H3,(H,28,29)/t17-,18?,19-,20+,21-,22+,23+,26+,27-/m1/s1. The maximum absolute atomic E-state index is 11.8. The summed E-state index contributed by atoms with van der Waals surface area (Å²) in [6.07, 6.45) is 13.0. The molecular formula is C27H44O4. The van der Waals surface area contributed by atoms with Crippen LogP contribution >= 0.6 is 0 Å². The average molecular weight is 433 g/mol. The summed E-state index contributed by atoms with van der Waals surface area (Å²) in [6.45, 7) is 9.32. The van der Waals surface area contributed by atoms with Crippen LogP contribution in [0, 0.1) is 46.3 Å². The summed E-state index contributed by atoms with van der Waals surface area (Å²) >= 11 is 0. The molecule has 0 saturated heterocycles. The number of aliphatic carboxylic acids is 1. The lowest BCUT2D eigenvalue weighted by molar-refractivity contribution is -0.162. The molecule has 0 bridgehead atoms. The Bertz CT molecular complexity index is 689. The van der Waals surface area contributed by atoms with Crippen molar-refractivity contribution in [2.75, 3.05) is 0 Å². The molecule has 1 unspecified atom stereocenters. The highest BCUT2D eigenvalue weighted by Crippen LogP contribution is 2.68. The van der Waals surface area contributed by atoms with Gasteiger partial charge in [0, 0.05) is 12.8 Å². The molecule has 0 aromatic carbocycles. The van der Waals surface area contributed by atoms with Gasteiger partial charge < -0.3 is 9.84 Å². The number of carbonyl (C=O) groups excluding carboxylic acids is 1. The number of hydrogen-bond donors (Lipinski definition) is 1. The number of fused-ring (bicyclic) bond motifs is 5. The molecule has 0 aromatic heterocycles. The van der Waals surface area contributed by atoms with Crippen LogP contribution in [0.5, 0.6) is 0 Å². The fourth-order valence-electron chi connectivity index (χ4n) is 9.12. The Balaban J connectivity index is 1.45. The quantitative estimate of drug-likeness (QED) is 0.489. The largest absolute Gasteiger partial charge is 0.481 e. The summed E-state index contributed by atoms with van der Waals surface area (Å²) < 4.78 is 5.76. The summed E-state index contributed by atoms with van der Waals surface area (Å²) in [5.41, 5.74) is 0.808. The highest BCUT2D eigenvalue weighted by atomic mass is 16.5. The van der Waals surface area contributed by atoms with Gasteiger partial charge in [-0.2, -0.15) is 0 Å². The zero-order valence-corrected chi connectivity index (χ0v) is 20.2. The van der Waals surface area contributed by atoms with Crippen molar-refractivity contribution in [1.29, 1.82) is 0 Å². The molecule has 4 heteroatoms. The topological polar surface area (TPSA) is 63.6 Å². The van der Waals surface area contributed by atoms with Crippen molar-refractivity contribution >= 4 is 11.9 Å². The maximum Gasteiger partial charge on any atom is 0.305 e. The molecule has 4 fully saturated rings. The van der Waals surface area contributed by atoms with Crippen LogP contribution in [-0.2, 0) is 14.3 Å². The number of carboxylic acid groups (broad SMARTS) is 1. The number of carbonyl (C=O) groups is 2. The summed E-state index contributed by atoms with van der Waals surface area (Å²) in [5, 5.41) is 9.15. The molecule has 0 spiro atoms. The first kappa shape index (κ1) is 23.1. The molecule has 4 aliphatic rings. The van der Waals surface area contributed by atoms with E-state index in [9.17, 15) is 9.59 Å². The molecule has 4 aliphatic carbocycles. The van der Waals surface area contributed by atoms with E-state index in [-0.39, 0.29) is 12.1 Å². The second-order valence-corrected chi connectivity index (χ2v) is 12.0. The first-order valence-electron chi connectivity index (χ1n) is 13.1. The summed E-state index contributed by atoms with van der Waals surface area (Å²) in [6, 6.07) is 0. The van der Waals surface area contributed by atoms with Crippen LogP contribution in [0.4, 0.5) is 0 Å². The van der Waals surface area contributed by atoms with E-state index in [1.54, 1.807) is 0 Å². The Kier molecular flexibility index (Phi) is 6.49. The Morgan fingerprint density at radius 2 is 1.71 bits per heavy atom. The molecular weight excluding hydrogens is 388 g/mol. The molecule has 0 aliphatic heterocycles. The van der Waals surface area contributed by atoms with Crippen LogP contribution in [0.25, 0.3) is 0 Å². The van der Waals surface area contributed by atoms with Gasteiger partial charge in [0.15, 0.2) is 0 Å². The van der Waals surface area contributed by atoms with E-state index in [1.165, 1.54) is 44.9 Å². The minimum Gasteiger partial charge on any atom is -0.481 e. The number of carboxylic acids is 1. The van der Waals surface area contributed by atoms with Crippen molar-refractivity contribution in [2.45, 2.75) is 111 Å². The van der Waals surface area contributed by atoms with Gasteiger partial charge in [-0.15, -0.1) is 0 Å². The van der Waals surface area contributed by atoms with Gasteiger partial charge in [-0.3, -0.25) is 9.59 Å². The second-order valence-electron chi connectivity index (χ2n) is 12.0. The van der Waals surface area contributed by atoms with Crippen LogP contribution in [-0.4, -0.2) is 23.1 Å². The van der Waals surface area contributed by atoms with Crippen molar-refractivity contribution in [3.8, 4) is 0 Å². The summed E-state index contributed by atoms with van der Waals surface area (Å²) in [4.78, 5) is 22.9. The van der Waals surface area contributed by atoms with Gasteiger partial charge in [0.1, 0.15) is 6.10 Å². The van der Waals surface area contributed by atoms with E-state index in [2.05, 4.69) is 20.8 Å². The third kappa shape index (κ3) is 4.06. The SMILES string of the molecule is CCC(=O)O[C@@H]1CC[C@@]2(C)C(CC[C@H]3[C@@H]4CC[C@H]([C@H](C)CCC(=O)O)[C@@]4(C)CC[C@@H]32)C1.